The second-order valence-corrected chi connectivity index (χ2v) is 7.46. The summed E-state index contributed by atoms with van der Waals surface area (Å²) in [6.07, 6.45) is 4.02. The van der Waals surface area contributed by atoms with E-state index in [1.165, 1.54) is 0 Å². The minimum atomic E-state index is 0.417. The van der Waals surface area contributed by atoms with E-state index in [4.69, 9.17) is 28.2 Å². The second-order valence-electron chi connectivity index (χ2n) is 6.64. The van der Waals surface area contributed by atoms with Crippen LogP contribution in [-0.2, 0) is 0 Å². The molecule has 1 fully saturated rings. The first-order valence-electron chi connectivity index (χ1n) is 8.87. The maximum absolute atomic E-state index is 6.26. The number of hydrogen-bond acceptors (Lipinski definition) is 5. The number of tetrazole rings is 1. The summed E-state index contributed by atoms with van der Waals surface area (Å²) >= 11 is 12.4. The van der Waals surface area contributed by atoms with Crippen molar-refractivity contribution in [1.29, 1.82) is 0 Å². The first kappa shape index (κ1) is 17.3. The van der Waals surface area contributed by atoms with E-state index in [1.54, 1.807) is 16.9 Å². The fourth-order valence-corrected chi connectivity index (χ4v) is 3.36. The Hall–Kier alpha value is -2.83. The number of para-hydroxylation sites is 1. The van der Waals surface area contributed by atoms with Gasteiger partial charge in [0.25, 0.3) is 0 Å². The van der Waals surface area contributed by atoms with Gasteiger partial charge in [-0.3, -0.25) is 0 Å². The second kappa shape index (κ2) is 6.96. The van der Waals surface area contributed by atoms with Crippen molar-refractivity contribution >= 4 is 23.2 Å². The van der Waals surface area contributed by atoms with Crippen molar-refractivity contribution in [3.8, 4) is 28.3 Å². The number of benzene rings is 2. The minimum Gasteiger partial charge on any atom is -0.240 e. The molecule has 0 saturated heterocycles. The van der Waals surface area contributed by atoms with Crippen LogP contribution in [0, 0.1) is 0 Å². The van der Waals surface area contributed by atoms with E-state index < -0.39 is 0 Å². The Balaban J connectivity index is 1.70. The summed E-state index contributed by atoms with van der Waals surface area (Å²) in [4.78, 5) is 9.42. The molecule has 6 nitrogen and oxygen atoms in total. The SMILES string of the molecule is Clc1ccc(-c2nc(C3CC3)ncc2-c2nnnn2-c2ccccc2)cc1Cl. The van der Waals surface area contributed by atoms with Gasteiger partial charge in [0.05, 0.1) is 27.0 Å². The predicted octanol–water partition coefficient (Wildman–Crippen LogP) is 4.97. The van der Waals surface area contributed by atoms with E-state index in [0.29, 0.717) is 21.8 Å². The average molecular weight is 409 g/mol. The van der Waals surface area contributed by atoms with Gasteiger partial charge in [0.1, 0.15) is 5.82 Å². The normalized spacial score (nSPS) is 13.6. The van der Waals surface area contributed by atoms with Crippen LogP contribution in [-0.4, -0.2) is 30.2 Å². The molecule has 28 heavy (non-hydrogen) atoms. The molecule has 0 atom stereocenters. The maximum atomic E-state index is 6.26. The standard InChI is InChI=1S/C20H14Cl2N6/c21-16-9-8-13(10-17(16)22)18-15(11-23-19(24-18)12-6-7-12)20-25-26-27-28(20)14-4-2-1-3-5-14/h1-5,8-12H,6-7H2. The minimum absolute atomic E-state index is 0.417. The third-order valence-electron chi connectivity index (χ3n) is 4.65. The van der Waals surface area contributed by atoms with Crippen LogP contribution in [0.4, 0.5) is 0 Å². The van der Waals surface area contributed by atoms with Gasteiger partial charge >= 0.3 is 0 Å². The number of rotatable bonds is 4. The molecular weight excluding hydrogens is 395 g/mol. The van der Waals surface area contributed by atoms with Gasteiger partial charge in [-0.25, -0.2) is 9.97 Å². The highest BCUT2D eigenvalue weighted by atomic mass is 35.5. The maximum Gasteiger partial charge on any atom is 0.190 e. The average Bonchev–Trinajstić information content (AvgIpc) is 3.47. The summed E-state index contributed by atoms with van der Waals surface area (Å²) < 4.78 is 1.68. The van der Waals surface area contributed by atoms with Crippen LogP contribution in [0.1, 0.15) is 24.6 Å². The van der Waals surface area contributed by atoms with E-state index in [0.717, 1.165) is 41.2 Å². The van der Waals surface area contributed by atoms with Gasteiger partial charge in [-0.15, -0.1) is 5.10 Å². The summed E-state index contributed by atoms with van der Waals surface area (Å²) in [5.41, 5.74) is 3.17. The fraction of sp³-hybridized carbons (Fsp3) is 0.150. The molecule has 0 amide bonds. The third-order valence-corrected chi connectivity index (χ3v) is 5.39. The van der Waals surface area contributed by atoms with Gasteiger partial charge in [-0.2, -0.15) is 4.68 Å². The highest BCUT2D eigenvalue weighted by Gasteiger charge is 2.28. The van der Waals surface area contributed by atoms with Crippen molar-refractivity contribution in [3.05, 3.63) is 70.6 Å². The van der Waals surface area contributed by atoms with Gasteiger partial charge in [0.2, 0.25) is 0 Å². The number of halogens is 2. The monoisotopic (exact) mass is 408 g/mol. The molecule has 0 bridgehead atoms. The third kappa shape index (κ3) is 3.15. The first-order valence-corrected chi connectivity index (χ1v) is 9.63. The summed E-state index contributed by atoms with van der Waals surface area (Å²) in [5, 5.41) is 13.2. The van der Waals surface area contributed by atoms with E-state index in [9.17, 15) is 0 Å². The molecule has 2 aromatic heterocycles. The zero-order valence-corrected chi connectivity index (χ0v) is 16.1. The molecule has 2 aromatic carbocycles. The zero-order valence-electron chi connectivity index (χ0n) is 14.6. The zero-order chi connectivity index (χ0) is 19.1. The van der Waals surface area contributed by atoms with Crippen LogP contribution in [0.25, 0.3) is 28.3 Å². The van der Waals surface area contributed by atoms with Crippen LogP contribution in [0.15, 0.2) is 54.7 Å². The number of aromatic nitrogens is 6. The molecular formula is C20H14Cl2N6. The molecule has 1 aliphatic rings. The van der Waals surface area contributed by atoms with Crippen LogP contribution in [0.2, 0.25) is 10.0 Å². The lowest BCUT2D eigenvalue weighted by molar-refractivity contribution is 0.791. The van der Waals surface area contributed by atoms with Crippen molar-refractivity contribution in [1.82, 2.24) is 30.2 Å². The van der Waals surface area contributed by atoms with Crippen molar-refractivity contribution in [2.75, 3.05) is 0 Å². The summed E-state index contributed by atoms with van der Waals surface area (Å²) in [6, 6.07) is 15.2. The Morgan fingerprint density at radius 2 is 1.79 bits per heavy atom. The van der Waals surface area contributed by atoms with Crippen molar-refractivity contribution in [3.63, 3.8) is 0 Å². The molecule has 0 spiro atoms. The van der Waals surface area contributed by atoms with Crippen LogP contribution >= 0.6 is 23.2 Å². The molecule has 4 aromatic rings. The fourth-order valence-electron chi connectivity index (χ4n) is 3.06. The molecule has 1 saturated carbocycles. The van der Waals surface area contributed by atoms with E-state index in [1.807, 2.05) is 42.5 Å². The lowest BCUT2D eigenvalue weighted by atomic mass is 10.1. The lowest BCUT2D eigenvalue weighted by Crippen LogP contribution is -2.04. The summed E-state index contributed by atoms with van der Waals surface area (Å²) in [7, 11) is 0. The Kier molecular flexibility index (Phi) is 4.30. The highest BCUT2D eigenvalue weighted by molar-refractivity contribution is 6.42. The smallest absolute Gasteiger partial charge is 0.190 e. The topological polar surface area (TPSA) is 69.4 Å². The van der Waals surface area contributed by atoms with Crippen LogP contribution in [0.3, 0.4) is 0 Å². The number of nitrogens with zero attached hydrogens (tertiary/aromatic N) is 6. The van der Waals surface area contributed by atoms with E-state index in [-0.39, 0.29) is 0 Å². The highest BCUT2D eigenvalue weighted by Crippen LogP contribution is 2.40. The molecule has 0 aliphatic heterocycles. The first-order chi connectivity index (χ1) is 13.7. The van der Waals surface area contributed by atoms with Crippen LogP contribution < -0.4 is 0 Å². The van der Waals surface area contributed by atoms with Crippen LogP contribution in [0.5, 0.6) is 0 Å². The molecule has 0 N–H and O–H groups in total. The summed E-state index contributed by atoms with van der Waals surface area (Å²) in [5.74, 6) is 1.82. The molecule has 2 heterocycles. The van der Waals surface area contributed by atoms with Crippen molar-refractivity contribution in [2.24, 2.45) is 0 Å². The Bertz CT molecular complexity index is 1150. The Morgan fingerprint density at radius 1 is 0.964 bits per heavy atom. The largest absolute Gasteiger partial charge is 0.240 e. The quantitative estimate of drug-likeness (QED) is 0.476. The van der Waals surface area contributed by atoms with E-state index >= 15 is 0 Å². The molecule has 8 heteroatoms. The molecule has 138 valence electrons. The number of hydrogen-bond donors (Lipinski definition) is 0. The van der Waals surface area contributed by atoms with Gasteiger partial charge in [-0.05, 0) is 47.5 Å². The van der Waals surface area contributed by atoms with Gasteiger partial charge in [0, 0.05) is 17.7 Å². The van der Waals surface area contributed by atoms with Gasteiger partial charge < -0.3 is 0 Å². The predicted molar refractivity (Wildman–Crippen MR) is 108 cm³/mol. The van der Waals surface area contributed by atoms with Crippen molar-refractivity contribution in [2.45, 2.75) is 18.8 Å². The Labute approximate surface area is 171 Å². The molecule has 0 radical (unpaired) electrons. The molecule has 5 rings (SSSR count). The molecule has 1 aliphatic carbocycles. The summed E-state index contributed by atoms with van der Waals surface area (Å²) in [6.45, 7) is 0. The lowest BCUT2D eigenvalue weighted by Gasteiger charge is -2.11. The van der Waals surface area contributed by atoms with Crippen molar-refractivity contribution < 1.29 is 0 Å². The van der Waals surface area contributed by atoms with Gasteiger partial charge in [-0.1, -0.05) is 47.5 Å². The molecule has 0 unspecified atom stereocenters. The van der Waals surface area contributed by atoms with Gasteiger partial charge in [0.15, 0.2) is 5.82 Å². The van der Waals surface area contributed by atoms with E-state index in [2.05, 4.69) is 20.5 Å². The Morgan fingerprint density at radius 3 is 2.54 bits per heavy atom.